The molecule has 29 heavy (non-hydrogen) atoms. The first kappa shape index (κ1) is 20.6. The molecular formula is C23H28N4O2. The minimum atomic E-state index is -0.187. The Morgan fingerprint density at radius 2 is 1.72 bits per heavy atom. The fourth-order valence-electron chi connectivity index (χ4n) is 3.30. The number of amides is 2. The van der Waals surface area contributed by atoms with Gasteiger partial charge in [0.2, 0.25) is 5.82 Å². The van der Waals surface area contributed by atoms with Gasteiger partial charge in [-0.05, 0) is 31.0 Å². The molecule has 0 aliphatic rings. The molecule has 152 valence electrons. The number of rotatable bonds is 8. The van der Waals surface area contributed by atoms with E-state index in [0.717, 1.165) is 18.4 Å². The van der Waals surface area contributed by atoms with Crippen molar-refractivity contribution < 1.29 is 9.59 Å². The van der Waals surface area contributed by atoms with E-state index in [1.54, 1.807) is 27.4 Å². The molecular weight excluding hydrogens is 364 g/mol. The summed E-state index contributed by atoms with van der Waals surface area (Å²) in [6.45, 7) is 5.75. The number of unbranched alkanes of at least 4 members (excludes halogenated alkanes) is 1. The topological polar surface area (TPSA) is 57.9 Å². The molecule has 1 aromatic carbocycles. The lowest BCUT2D eigenvalue weighted by molar-refractivity contribution is 0.0739. The van der Waals surface area contributed by atoms with Crippen LogP contribution in [0.15, 0.2) is 54.7 Å². The predicted octanol–water partition coefficient (Wildman–Crippen LogP) is 3.87. The van der Waals surface area contributed by atoms with E-state index in [4.69, 9.17) is 0 Å². The van der Waals surface area contributed by atoms with Crippen LogP contribution in [-0.2, 0) is 6.54 Å². The number of benzene rings is 1. The quantitative estimate of drug-likeness (QED) is 0.585. The second-order valence-corrected chi connectivity index (χ2v) is 7.13. The molecule has 0 aliphatic carbocycles. The highest BCUT2D eigenvalue weighted by Crippen LogP contribution is 2.18. The first-order valence-corrected chi connectivity index (χ1v) is 10.1. The average molecular weight is 393 g/mol. The largest absolute Gasteiger partial charge is 0.340 e. The van der Waals surface area contributed by atoms with Crippen LogP contribution in [0.5, 0.6) is 0 Å². The Balaban J connectivity index is 1.94. The summed E-state index contributed by atoms with van der Waals surface area (Å²) in [5.41, 5.74) is 2.03. The molecule has 0 atom stereocenters. The molecule has 3 aromatic rings. The number of pyridine rings is 1. The summed E-state index contributed by atoms with van der Waals surface area (Å²) in [6.07, 6.45) is 3.73. The van der Waals surface area contributed by atoms with E-state index < -0.39 is 0 Å². The van der Waals surface area contributed by atoms with Gasteiger partial charge in [-0.1, -0.05) is 49.7 Å². The fraction of sp³-hybridized carbons (Fsp3) is 0.348. The van der Waals surface area contributed by atoms with Gasteiger partial charge in [0, 0.05) is 32.9 Å². The van der Waals surface area contributed by atoms with Gasteiger partial charge >= 0.3 is 0 Å². The molecule has 3 rings (SSSR count). The smallest absolute Gasteiger partial charge is 0.290 e. The van der Waals surface area contributed by atoms with Gasteiger partial charge in [0.25, 0.3) is 11.8 Å². The summed E-state index contributed by atoms with van der Waals surface area (Å²) >= 11 is 0. The number of nitrogens with zero attached hydrogens (tertiary/aromatic N) is 4. The van der Waals surface area contributed by atoms with Gasteiger partial charge in [-0.15, -0.1) is 0 Å². The molecule has 0 saturated carbocycles. The maximum atomic E-state index is 13.3. The highest BCUT2D eigenvalue weighted by Gasteiger charge is 2.26. The molecule has 0 bridgehead atoms. The summed E-state index contributed by atoms with van der Waals surface area (Å²) in [5, 5.41) is 0. The van der Waals surface area contributed by atoms with Gasteiger partial charge in [-0.25, -0.2) is 4.98 Å². The van der Waals surface area contributed by atoms with Crippen LogP contribution in [0.3, 0.4) is 0 Å². The van der Waals surface area contributed by atoms with Crippen LogP contribution in [0.2, 0.25) is 0 Å². The third-order valence-corrected chi connectivity index (χ3v) is 5.02. The minimum absolute atomic E-state index is 0.160. The molecule has 0 unspecified atom stereocenters. The standard InChI is InChI=1S/C23H28N4O2/c1-4-6-15-25(3)22(28)20-19-14-10-11-16-27(19)21(24-20)23(29)26(5-2)17-18-12-8-7-9-13-18/h7-14,16H,4-6,15,17H2,1-3H3. The second kappa shape index (κ2) is 9.37. The maximum Gasteiger partial charge on any atom is 0.290 e. The van der Waals surface area contributed by atoms with E-state index in [0.29, 0.717) is 30.8 Å². The Bertz CT molecular complexity index is 981. The molecule has 2 aromatic heterocycles. The number of hydrogen-bond acceptors (Lipinski definition) is 3. The van der Waals surface area contributed by atoms with Gasteiger partial charge in [0.1, 0.15) is 0 Å². The molecule has 0 spiro atoms. The fourth-order valence-corrected chi connectivity index (χ4v) is 3.30. The summed E-state index contributed by atoms with van der Waals surface area (Å²) < 4.78 is 1.72. The van der Waals surface area contributed by atoms with E-state index in [-0.39, 0.29) is 17.6 Å². The first-order chi connectivity index (χ1) is 14.1. The summed E-state index contributed by atoms with van der Waals surface area (Å²) in [6, 6.07) is 15.4. The minimum Gasteiger partial charge on any atom is -0.340 e. The molecule has 6 nitrogen and oxygen atoms in total. The molecule has 0 N–H and O–H groups in total. The highest BCUT2D eigenvalue weighted by atomic mass is 16.2. The van der Waals surface area contributed by atoms with Crippen molar-refractivity contribution in [1.82, 2.24) is 19.2 Å². The van der Waals surface area contributed by atoms with E-state index in [1.807, 2.05) is 55.5 Å². The van der Waals surface area contributed by atoms with Gasteiger partial charge in [-0.3, -0.25) is 14.0 Å². The predicted molar refractivity (Wildman–Crippen MR) is 114 cm³/mol. The lowest BCUT2D eigenvalue weighted by Crippen LogP contribution is -2.32. The van der Waals surface area contributed by atoms with Crippen molar-refractivity contribution in [2.75, 3.05) is 20.1 Å². The lowest BCUT2D eigenvalue weighted by atomic mass is 10.2. The van der Waals surface area contributed by atoms with Gasteiger partial charge in [0.05, 0.1) is 5.52 Å². The number of hydrogen-bond donors (Lipinski definition) is 0. The number of fused-ring (bicyclic) bond motifs is 1. The zero-order valence-electron chi connectivity index (χ0n) is 17.3. The van der Waals surface area contributed by atoms with Crippen LogP contribution in [0.1, 0.15) is 53.4 Å². The average Bonchev–Trinajstić information content (AvgIpc) is 3.15. The number of carbonyl (C=O) groups excluding carboxylic acids is 2. The van der Waals surface area contributed by atoms with Gasteiger partial charge in [-0.2, -0.15) is 0 Å². The van der Waals surface area contributed by atoms with Crippen LogP contribution in [0, 0.1) is 0 Å². The van der Waals surface area contributed by atoms with Crippen LogP contribution >= 0.6 is 0 Å². The molecule has 0 radical (unpaired) electrons. The Morgan fingerprint density at radius 1 is 1.00 bits per heavy atom. The highest BCUT2D eigenvalue weighted by molar-refractivity contribution is 6.02. The van der Waals surface area contributed by atoms with Crippen molar-refractivity contribution in [3.8, 4) is 0 Å². The van der Waals surface area contributed by atoms with Crippen LogP contribution < -0.4 is 0 Å². The second-order valence-electron chi connectivity index (χ2n) is 7.13. The Hall–Kier alpha value is -3.15. The van der Waals surface area contributed by atoms with Crippen molar-refractivity contribution in [2.45, 2.75) is 33.2 Å². The van der Waals surface area contributed by atoms with Crippen LogP contribution in [-0.4, -0.2) is 51.1 Å². The third kappa shape index (κ3) is 4.47. The SMILES string of the molecule is CCCCN(C)C(=O)c1nc(C(=O)N(CC)Cc2ccccc2)n2ccccc12. The Morgan fingerprint density at radius 3 is 2.41 bits per heavy atom. The van der Waals surface area contributed by atoms with Gasteiger partial charge < -0.3 is 9.80 Å². The Labute approximate surface area is 171 Å². The molecule has 2 heterocycles. The van der Waals surface area contributed by atoms with E-state index in [9.17, 15) is 9.59 Å². The Kier molecular flexibility index (Phi) is 6.65. The van der Waals surface area contributed by atoms with E-state index >= 15 is 0 Å². The molecule has 0 fully saturated rings. The van der Waals surface area contributed by atoms with E-state index in [2.05, 4.69) is 11.9 Å². The maximum absolute atomic E-state index is 13.3. The van der Waals surface area contributed by atoms with Crippen LogP contribution in [0.25, 0.3) is 5.52 Å². The van der Waals surface area contributed by atoms with Gasteiger partial charge in [0.15, 0.2) is 5.69 Å². The number of imidazole rings is 1. The third-order valence-electron chi connectivity index (χ3n) is 5.02. The van der Waals surface area contributed by atoms with Crippen molar-refractivity contribution in [1.29, 1.82) is 0 Å². The summed E-state index contributed by atoms with van der Waals surface area (Å²) in [7, 11) is 1.78. The normalized spacial score (nSPS) is 10.9. The molecule has 6 heteroatoms. The van der Waals surface area contributed by atoms with Crippen molar-refractivity contribution in [2.24, 2.45) is 0 Å². The van der Waals surface area contributed by atoms with Crippen molar-refractivity contribution >= 4 is 17.3 Å². The summed E-state index contributed by atoms with van der Waals surface area (Å²) in [5.74, 6) is -0.0780. The molecule has 0 aliphatic heterocycles. The van der Waals surface area contributed by atoms with Crippen LogP contribution in [0.4, 0.5) is 0 Å². The lowest BCUT2D eigenvalue weighted by Gasteiger charge is -2.20. The molecule has 0 saturated heterocycles. The monoisotopic (exact) mass is 392 g/mol. The zero-order valence-corrected chi connectivity index (χ0v) is 17.3. The number of carbonyl (C=O) groups is 2. The number of aromatic nitrogens is 2. The molecule has 2 amide bonds. The van der Waals surface area contributed by atoms with Crippen molar-refractivity contribution in [3.63, 3.8) is 0 Å². The summed E-state index contributed by atoms with van der Waals surface area (Å²) in [4.78, 5) is 34.2. The van der Waals surface area contributed by atoms with Crippen molar-refractivity contribution in [3.05, 3.63) is 71.8 Å². The van der Waals surface area contributed by atoms with E-state index in [1.165, 1.54) is 0 Å². The zero-order chi connectivity index (χ0) is 20.8. The first-order valence-electron chi connectivity index (χ1n) is 10.1.